The molecule has 2 aromatic carbocycles. The smallest absolute Gasteiger partial charge is 0.172 e. The molecule has 0 fully saturated rings. The third-order valence-electron chi connectivity index (χ3n) is 8.68. The summed E-state index contributed by atoms with van der Waals surface area (Å²) in [7, 11) is 0. The highest BCUT2D eigenvalue weighted by Crippen LogP contribution is 2.34. The topological polar surface area (TPSA) is 31.2 Å². The van der Waals surface area contributed by atoms with Crippen molar-refractivity contribution in [3.8, 4) is 0 Å². The maximum Gasteiger partial charge on any atom is 0.172 e. The molecule has 0 spiro atoms. The van der Waals surface area contributed by atoms with Crippen molar-refractivity contribution in [3.05, 3.63) is 59.7 Å². The lowest BCUT2D eigenvalue weighted by Gasteiger charge is -2.29. The van der Waals surface area contributed by atoms with Crippen LogP contribution in [0.2, 0.25) is 0 Å². The molecule has 0 radical (unpaired) electrons. The lowest BCUT2D eigenvalue weighted by molar-refractivity contribution is 0.464. The van der Waals surface area contributed by atoms with E-state index < -0.39 is 0 Å². The molecule has 4 atom stereocenters. The van der Waals surface area contributed by atoms with E-state index in [2.05, 4.69) is 128 Å². The Morgan fingerprint density at radius 1 is 0.684 bits per heavy atom. The minimum absolute atomic E-state index is 0.0924. The third-order valence-corrected chi connectivity index (χ3v) is 8.68. The van der Waals surface area contributed by atoms with E-state index in [4.69, 9.17) is 9.98 Å². The van der Waals surface area contributed by atoms with E-state index in [0.29, 0.717) is 11.8 Å². The van der Waals surface area contributed by atoms with Crippen molar-refractivity contribution in [2.24, 2.45) is 21.8 Å². The van der Waals surface area contributed by atoms with Crippen LogP contribution < -0.4 is 9.80 Å². The van der Waals surface area contributed by atoms with E-state index >= 15 is 0 Å². The van der Waals surface area contributed by atoms with E-state index in [-0.39, 0.29) is 22.9 Å². The molecule has 2 aliphatic heterocycles. The number of hydrogen-bond donors (Lipinski definition) is 0. The standard InChI is InChI=1S/C34H50N4/c1-11-23(3)29-21-37(27-17-13-15-25(19-27)33(5,6)7)31(35-29)32-36-30(24(4)12-2)22-38(32)28-18-14-16-26(20-28)34(8,9)10/h13-20,23-24,29-30H,11-12,21-22H2,1-10H3/t23?,24?,29-,30-/m1/s1. The van der Waals surface area contributed by atoms with Crippen molar-refractivity contribution >= 4 is 23.0 Å². The van der Waals surface area contributed by atoms with Gasteiger partial charge >= 0.3 is 0 Å². The molecule has 206 valence electrons. The summed E-state index contributed by atoms with van der Waals surface area (Å²) >= 11 is 0. The van der Waals surface area contributed by atoms with Crippen LogP contribution in [0.3, 0.4) is 0 Å². The molecule has 2 aromatic rings. The van der Waals surface area contributed by atoms with Gasteiger partial charge in [0.05, 0.1) is 12.1 Å². The SMILES string of the molecule is CCC(C)[C@H]1CN(c2cccc(C(C)(C)C)c2)C(C2=N[C@@H](C(C)CC)CN2c2cccc(C(C)(C)C)c2)=N1. The van der Waals surface area contributed by atoms with Gasteiger partial charge < -0.3 is 9.80 Å². The van der Waals surface area contributed by atoms with Crippen LogP contribution in [0.25, 0.3) is 0 Å². The van der Waals surface area contributed by atoms with Crippen molar-refractivity contribution < 1.29 is 0 Å². The Bertz CT molecular complexity index is 1090. The van der Waals surface area contributed by atoms with E-state index in [0.717, 1.165) is 37.6 Å². The molecule has 2 aliphatic rings. The van der Waals surface area contributed by atoms with Gasteiger partial charge in [0.15, 0.2) is 11.7 Å². The predicted octanol–water partition coefficient (Wildman–Crippen LogP) is 8.25. The molecule has 0 aromatic heterocycles. The fourth-order valence-electron chi connectivity index (χ4n) is 5.33. The third kappa shape index (κ3) is 5.84. The van der Waals surface area contributed by atoms with E-state index in [1.165, 1.54) is 22.5 Å². The first-order valence-corrected chi connectivity index (χ1v) is 14.8. The lowest BCUT2D eigenvalue weighted by Crippen LogP contribution is -2.42. The van der Waals surface area contributed by atoms with Crippen molar-refractivity contribution in [2.45, 2.75) is 105 Å². The lowest BCUT2D eigenvalue weighted by atomic mass is 9.86. The second-order valence-corrected chi connectivity index (χ2v) is 13.6. The normalized spacial score (nSPS) is 21.9. The minimum atomic E-state index is 0.0924. The largest absolute Gasteiger partial charge is 0.321 e. The number of rotatable bonds is 7. The summed E-state index contributed by atoms with van der Waals surface area (Å²) in [5.41, 5.74) is 5.33. The van der Waals surface area contributed by atoms with Gasteiger partial charge in [0.1, 0.15) is 0 Å². The summed E-state index contributed by atoms with van der Waals surface area (Å²) in [5.74, 6) is 3.11. The maximum atomic E-state index is 5.43. The van der Waals surface area contributed by atoms with Crippen LogP contribution in [0.1, 0.15) is 93.2 Å². The number of anilines is 2. The summed E-state index contributed by atoms with van der Waals surface area (Å²) in [6, 6.07) is 18.6. The van der Waals surface area contributed by atoms with Crippen LogP contribution in [-0.4, -0.2) is 36.8 Å². The summed E-state index contributed by atoms with van der Waals surface area (Å²) in [5, 5.41) is 0. The van der Waals surface area contributed by atoms with Gasteiger partial charge in [-0.3, -0.25) is 9.98 Å². The van der Waals surface area contributed by atoms with Gasteiger partial charge in [-0.1, -0.05) is 106 Å². The molecule has 0 N–H and O–H groups in total. The molecule has 0 bridgehead atoms. The van der Waals surface area contributed by atoms with Gasteiger partial charge in [-0.05, 0) is 58.1 Å². The fraction of sp³-hybridized carbons (Fsp3) is 0.588. The predicted molar refractivity (Wildman–Crippen MR) is 166 cm³/mol. The summed E-state index contributed by atoms with van der Waals surface area (Å²) in [6.07, 6.45) is 2.24. The zero-order chi connectivity index (χ0) is 27.8. The Hall–Kier alpha value is -2.62. The van der Waals surface area contributed by atoms with Gasteiger partial charge in [0.25, 0.3) is 0 Å². The van der Waals surface area contributed by atoms with Gasteiger partial charge in [-0.2, -0.15) is 0 Å². The quantitative estimate of drug-likeness (QED) is 0.372. The summed E-state index contributed by atoms with van der Waals surface area (Å²) in [6.45, 7) is 24.8. The highest BCUT2D eigenvalue weighted by atomic mass is 15.4. The molecule has 38 heavy (non-hydrogen) atoms. The second-order valence-electron chi connectivity index (χ2n) is 13.6. The van der Waals surface area contributed by atoms with Gasteiger partial charge in [0, 0.05) is 24.5 Å². The molecular formula is C34H50N4. The van der Waals surface area contributed by atoms with Crippen LogP contribution in [0.4, 0.5) is 11.4 Å². The Labute approximate surface area is 232 Å². The summed E-state index contributed by atoms with van der Waals surface area (Å²) < 4.78 is 0. The molecule has 4 nitrogen and oxygen atoms in total. The van der Waals surface area contributed by atoms with Gasteiger partial charge in [-0.25, -0.2) is 0 Å². The highest BCUT2D eigenvalue weighted by Gasteiger charge is 2.39. The molecular weight excluding hydrogens is 464 g/mol. The number of amidine groups is 2. The summed E-state index contributed by atoms with van der Waals surface area (Å²) in [4.78, 5) is 15.8. The number of benzene rings is 2. The zero-order valence-corrected chi connectivity index (χ0v) is 25.5. The molecule has 0 saturated heterocycles. The van der Waals surface area contributed by atoms with Crippen LogP contribution in [0.5, 0.6) is 0 Å². The molecule has 4 heteroatoms. The van der Waals surface area contributed by atoms with Gasteiger partial charge in [0.2, 0.25) is 0 Å². The minimum Gasteiger partial charge on any atom is -0.321 e. The Morgan fingerprint density at radius 2 is 1.05 bits per heavy atom. The van der Waals surface area contributed by atoms with E-state index in [9.17, 15) is 0 Å². The second kappa shape index (κ2) is 10.9. The van der Waals surface area contributed by atoms with Crippen LogP contribution in [0.15, 0.2) is 58.5 Å². The Morgan fingerprint density at radius 3 is 1.37 bits per heavy atom. The fourth-order valence-corrected chi connectivity index (χ4v) is 5.33. The van der Waals surface area contributed by atoms with Crippen molar-refractivity contribution in [1.82, 2.24) is 0 Å². The van der Waals surface area contributed by atoms with Crippen molar-refractivity contribution in [3.63, 3.8) is 0 Å². The van der Waals surface area contributed by atoms with Crippen LogP contribution in [-0.2, 0) is 10.8 Å². The van der Waals surface area contributed by atoms with Gasteiger partial charge in [-0.15, -0.1) is 0 Å². The molecule has 2 heterocycles. The zero-order valence-electron chi connectivity index (χ0n) is 25.5. The van der Waals surface area contributed by atoms with E-state index in [1.54, 1.807) is 0 Å². The average Bonchev–Trinajstić information content (AvgIpc) is 3.52. The Balaban J connectivity index is 1.82. The monoisotopic (exact) mass is 514 g/mol. The number of hydrogen-bond acceptors (Lipinski definition) is 4. The van der Waals surface area contributed by atoms with Crippen molar-refractivity contribution in [2.75, 3.05) is 22.9 Å². The maximum absolute atomic E-state index is 5.43. The first-order valence-electron chi connectivity index (χ1n) is 14.8. The van der Waals surface area contributed by atoms with E-state index in [1.807, 2.05) is 0 Å². The molecule has 0 amide bonds. The molecule has 4 rings (SSSR count). The van der Waals surface area contributed by atoms with Crippen LogP contribution in [0, 0.1) is 11.8 Å². The molecule has 0 aliphatic carbocycles. The first kappa shape index (κ1) is 28.4. The van der Waals surface area contributed by atoms with Crippen molar-refractivity contribution in [1.29, 1.82) is 0 Å². The first-order chi connectivity index (χ1) is 17.8. The molecule has 2 unspecified atom stereocenters. The molecule has 0 saturated carbocycles. The van der Waals surface area contributed by atoms with Crippen LogP contribution >= 0.6 is 0 Å². The average molecular weight is 515 g/mol. The highest BCUT2D eigenvalue weighted by molar-refractivity contribution is 6.50. The number of aliphatic imine (C=N–C) groups is 2. The Kier molecular flexibility index (Phi) is 8.12. The number of nitrogens with zero attached hydrogens (tertiary/aromatic N) is 4.